The summed E-state index contributed by atoms with van der Waals surface area (Å²) >= 11 is 5.85. The Morgan fingerprint density at radius 2 is 2.24 bits per heavy atom. The van der Waals surface area contributed by atoms with Crippen LogP contribution in [0.15, 0.2) is 12.3 Å². The zero-order chi connectivity index (χ0) is 12.4. The van der Waals surface area contributed by atoms with Crippen LogP contribution in [0, 0.1) is 0 Å². The van der Waals surface area contributed by atoms with E-state index < -0.39 is 0 Å². The predicted molar refractivity (Wildman–Crippen MR) is 64.0 cm³/mol. The van der Waals surface area contributed by atoms with Crippen LogP contribution in [0.1, 0.15) is 16.9 Å². The van der Waals surface area contributed by atoms with Crippen LogP contribution >= 0.6 is 11.6 Å². The Hall–Kier alpha value is -1.49. The second kappa shape index (κ2) is 4.79. The SMILES string of the molecule is Cn1cc(Cl)cc1C(=O)N1CCNC(=O)CC1. The third kappa shape index (κ3) is 2.61. The minimum atomic E-state index is -0.0871. The van der Waals surface area contributed by atoms with Gasteiger partial charge in [0.2, 0.25) is 5.91 Å². The molecule has 2 amide bonds. The molecule has 0 atom stereocenters. The molecule has 1 aliphatic heterocycles. The summed E-state index contributed by atoms with van der Waals surface area (Å²) in [5.74, 6) is -0.0962. The first-order valence-corrected chi connectivity index (χ1v) is 5.83. The standard InChI is InChI=1S/C11H14ClN3O2/c1-14-7-8(12)6-9(14)11(17)15-4-2-10(16)13-3-5-15/h6-7H,2-5H2,1H3,(H,13,16). The average Bonchev–Trinajstić information content (AvgIpc) is 2.49. The number of nitrogens with zero attached hydrogens (tertiary/aromatic N) is 2. The zero-order valence-corrected chi connectivity index (χ0v) is 10.3. The molecule has 1 fully saturated rings. The van der Waals surface area contributed by atoms with Gasteiger partial charge in [-0.25, -0.2) is 0 Å². The van der Waals surface area contributed by atoms with E-state index in [1.54, 1.807) is 28.8 Å². The molecule has 5 nitrogen and oxygen atoms in total. The van der Waals surface area contributed by atoms with Crippen LogP contribution in [-0.2, 0) is 11.8 Å². The van der Waals surface area contributed by atoms with Gasteiger partial charge in [0, 0.05) is 39.3 Å². The smallest absolute Gasteiger partial charge is 0.270 e. The van der Waals surface area contributed by atoms with Gasteiger partial charge in [0.05, 0.1) is 5.02 Å². The van der Waals surface area contributed by atoms with Gasteiger partial charge in [0.1, 0.15) is 5.69 Å². The fraction of sp³-hybridized carbons (Fsp3) is 0.455. The summed E-state index contributed by atoms with van der Waals surface area (Å²) in [6.07, 6.45) is 2.04. The highest BCUT2D eigenvalue weighted by Gasteiger charge is 2.21. The van der Waals surface area contributed by atoms with Crippen molar-refractivity contribution in [2.75, 3.05) is 19.6 Å². The summed E-state index contributed by atoms with van der Waals surface area (Å²) in [4.78, 5) is 25.1. The van der Waals surface area contributed by atoms with Crippen LogP contribution < -0.4 is 5.32 Å². The summed E-state index contributed by atoms with van der Waals surface area (Å²) in [5.41, 5.74) is 0.546. The first-order chi connectivity index (χ1) is 8.08. The Morgan fingerprint density at radius 3 is 2.88 bits per heavy atom. The molecule has 2 rings (SSSR count). The molecular formula is C11H14ClN3O2. The van der Waals surface area contributed by atoms with Crippen LogP contribution in [0.4, 0.5) is 0 Å². The minimum Gasteiger partial charge on any atom is -0.354 e. The van der Waals surface area contributed by atoms with Gasteiger partial charge < -0.3 is 14.8 Å². The van der Waals surface area contributed by atoms with Crippen molar-refractivity contribution in [2.45, 2.75) is 6.42 Å². The van der Waals surface area contributed by atoms with Gasteiger partial charge in [-0.3, -0.25) is 9.59 Å². The number of rotatable bonds is 1. The van der Waals surface area contributed by atoms with Crippen LogP contribution in [0.25, 0.3) is 0 Å². The molecule has 0 radical (unpaired) electrons. The molecule has 0 unspecified atom stereocenters. The van der Waals surface area contributed by atoms with Crippen LogP contribution in [-0.4, -0.2) is 40.9 Å². The molecular weight excluding hydrogens is 242 g/mol. The molecule has 0 aromatic carbocycles. The Morgan fingerprint density at radius 1 is 1.47 bits per heavy atom. The third-order valence-electron chi connectivity index (χ3n) is 2.79. The van der Waals surface area contributed by atoms with Crippen LogP contribution in [0.3, 0.4) is 0 Å². The average molecular weight is 256 g/mol. The van der Waals surface area contributed by atoms with E-state index in [0.717, 1.165) is 0 Å². The fourth-order valence-corrected chi connectivity index (χ4v) is 2.12. The molecule has 0 saturated carbocycles. The predicted octanol–water partition coefficient (Wildman–Crippen LogP) is 0.641. The van der Waals surface area contributed by atoms with Crippen molar-refractivity contribution in [1.82, 2.24) is 14.8 Å². The highest BCUT2D eigenvalue weighted by atomic mass is 35.5. The lowest BCUT2D eigenvalue weighted by Crippen LogP contribution is -2.35. The zero-order valence-electron chi connectivity index (χ0n) is 9.57. The quantitative estimate of drug-likeness (QED) is 0.801. The maximum Gasteiger partial charge on any atom is 0.270 e. The maximum atomic E-state index is 12.2. The topological polar surface area (TPSA) is 54.3 Å². The first kappa shape index (κ1) is 12.0. The molecule has 0 spiro atoms. The van der Waals surface area contributed by atoms with Gasteiger partial charge in [-0.2, -0.15) is 0 Å². The lowest BCUT2D eigenvalue weighted by molar-refractivity contribution is -0.120. The number of amides is 2. The van der Waals surface area contributed by atoms with E-state index in [0.29, 0.717) is 36.8 Å². The summed E-state index contributed by atoms with van der Waals surface area (Å²) in [7, 11) is 1.78. The number of carbonyl (C=O) groups is 2. The van der Waals surface area contributed by atoms with E-state index in [1.807, 2.05) is 0 Å². The van der Waals surface area contributed by atoms with E-state index in [1.165, 1.54) is 0 Å². The Bertz CT molecular complexity index is 456. The summed E-state index contributed by atoms with van der Waals surface area (Å²) in [5, 5.41) is 3.28. The van der Waals surface area contributed by atoms with Crippen LogP contribution in [0.2, 0.25) is 5.02 Å². The van der Waals surface area contributed by atoms with Gasteiger partial charge in [0.15, 0.2) is 0 Å². The number of aryl methyl sites for hydroxylation is 1. The van der Waals surface area contributed by atoms with Gasteiger partial charge in [-0.05, 0) is 6.07 Å². The number of aromatic nitrogens is 1. The Labute approximate surface area is 104 Å². The van der Waals surface area contributed by atoms with Crippen molar-refractivity contribution in [1.29, 1.82) is 0 Å². The van der Waals surface area contributed by atoms with Crippen LogP contribution in [0.5, 0.6) is 0 Å². The summed E-state index contributed by atoms with van der Waals surface area (Å²) in [6, 6.07) is 1.64. The normalized spacial score (nSPS) is 16.6. The lowest BCUT2D eigenvalue weighted by atomic mass is 10.3. The van der Waals surface area contributed by atoms with Gasteiger partial charge in [0.25, 0.3) is 5.91 Å². The molecule has 2 heterocycles. The molecule has 1 N–H and O–H groups in total. The van der Waals surface area contributed by atoms with E-state index in [-0.39, 0.29) is 11.8 Å². The number of carbonyl (C=O) groups excluding carboxylic acids is 2. The maximum absolute atomic E-state index is 12.2. The lowest BCUT2D eigenvalue weighted by Gasteiger charge is -2.19. The number of hydrogen-bond acceptors (Lipinski definition) is 2. The van der Waals surface area contributed by atoms with E-state index in [9.17, 15) is 9.59 Å². The fourth-order valence-electron chi connectivity index (χ4n) is 1.87. The number of nitrogens with one attached hydrogen (secondary N) is 1. The molecule has 6 heteroatoms. The first-order valence-electron chi connectivity index (χ1n) is 5.46. The monoisotopic (exact) mass is 255 g/mol. The molecule has 1 aromatic rings. The van der Waals surface area contributed by atoms with E-state index >= 15 is 0 Å². The van der Waals surface area contributed by atoms with Crippen molar-refractivity contribution in [2.24, 2.45) is 7.05 Å². The van der Waals surface area contributed by atoms with Crippen molar-refractivity contribution < 1.29 is 9.59 Å². The molecule has 92 valence electrons. The highest BCUT2D eigenvalue weighted by molar-refractivity contribution is 6.31. The second-order valence-corrected chi connectivity index (χ2v) is 4.48. The summed E-state index contributed by atoms with van der Waals surface area (Å²) in [6.45, 7) is 1.49. The van der Waals surface area contributed by atoms with E-state index in [4.69, 9.17) is 11.6 Å². The molecule has 1 saturated heterocycles. The number of halogens is 1. The summed E-state index contributed by atoms with van der Waals surface area (Å²) < 4.78 is 1.70. The van der Waals surface area contributed by atoms with Crippen molar-refractivity contribution >= 4 is 23.4 Å². The molecule has 1 aliphatic rings. The molecule has 1 aromatic heterocycles. The molecule has 17 heavy (non-hydrogen) atoms. The highest BCUT2D eigenvalue weighted by Crippen LogP contribution is 2.15. The Balaban J connectivity index is 2.14. The minimum absolute atomic E-state index is 0.00906. The van der Waals surface area contributed by atoms with Crippen molar-refractivity contribution in [3.8, 4) is 0 Å². The van der Waals surface area contributed by atoms with Gasteiger partial charge in [-0.1, -0.05) is 11.6 Å². The van der Waals surface area contributed by atoms with Gasteiger partial charge in [-0.15, -0.1) is 0 Å². The second-order valence-electron chi connectivity index (χ2n) is 4.05. The molecule has 0 bridgehead atoms. The van der Waals surface area contributed by atoms with Crippen molar-refractivity contribution in [3.63, 3.8) is 0 Å². The van der Waals surface area contributed by atoms with Crippen molar-refractivity contribution in [3.05, 3.63) is 23.0 Å². The third-order valence-corrected chi connectivity index (χ3v) is 3.00. The number of hydrogen-bond donors (Lipinski definition) is 1. The van der Waals surface area contributed by atoms with E-state index in [2.05, 4.69) is 5.32 Å². The largest absolute Gasteiger partial charge is 0.354 e. The Kier molecular flexibility index (Phi) is 3.38. The molecule has 0 aliphatic carbocycles. The van der Waals surface area contributed by atoms with Gasteiger partial charge >= 0.3 is 0 Å².